The number of ketones is 1. The Morgan fingerprint density at radius 3 is 2.26 bits per heavy atom. The molecular formula is C25H38N4O8S. The van der Waals surface area contributed by atoms with Gasteiger partial charge in [0.1, 0.15) is 17.6 Å². The zero-order chi connectivity index (χ0) is 28.8. The Bertz CT molecular complexity index is 1150. The molecular weight excluding hydrogens is 516 g/mol. The van der Waals surface area contributed by atoms with Crippen LogP contribution in [0.15, 0.2) is 12.7 Å². The first-order valence-electron chi connectivity index (χ1n) is 12.7. The molecule has 1 heterocycles. The number of carbonyl (C=O) groups is 5. The molecule has 0 bridgehead atoms. The quantitative estimate of drug-likeness (QED) is 0.288. The highest BCUT2D eigenvalue weighted by atomic mass is 32.2. The Morgan fingerprint density at radius 1 is 1.18 bits per heavy atom. The topological polar surface area (TPSA) is 179 Å². The van der Waals surface area contributed by atoms with Crippen molar-refractivity contribution in [3.63, 3.8) is 0 Å². The van der Waals surface area contributed by atoms with Crippen molar-refractivity contribution in [1.29, 1.82) is 0 Å². The van der Waals surface area contributed by atoms with E-state index in [9.17, 15) is 37.5 Å². The molecule has 1 aliphatic heterocycles. The fourth-order valence-corrected chi connectivity index (χ4v) is 6.89. The van der Waals surface area contributed by atoms with Gasteiger partial charge >= 0.3 is 6.09 Å². The van der Waals surface area contributed by atoms with Gasteiger partial charge in [0.05, 0.1) is 11.8 Å². The molecule has 4 amide bonds. The number of rotatable bonds is 10. The maximum absolute atomic E-state index is 13.7. The van der Waals surface area contributed by atoms with Crippen molar-refractivity contribution in [2.75, 3.05) is 6.54 Å². The number of amides is 4. The molecule has 3 fully saturated rings. The summed E-state index contributed by atoms with van der Waals surface area (Å²) < 4.78 is 26.7. The molecule has 0 aromatic rings. The molecule has 0 aromatic carbocycles. The molecule has 3 rings (SSSR count). The highest BCUT2D eigenvalue weighted by Crippen LogP contribution is 2.45. The number of Topliss-reactive ketones (excluding diaryl/α,β-unsaturated/α-hetero) is 1. The maximum atomic E-state index is 13.7. The SMILES string of the molecule is C=C[C@@H]1C[C@]1(NC(=O)[C@@H]1CC(=O)CN1C(=O)[C@@H](NC(=O)O)C(C)(C)CC(C)(C)C)C(=O)NS(=O)(=O)C1CC1. The number of carboxylic acid groups (broad SMARTS) is 1. The first-order valence-corrected chi connectivity index (χ1v) is 14.2. The van der Waals surface area contributed by atoms with E-state index in [0.29, 0.717) is 19.3 Å². The predicted octanol–water partition coefficient (Wildman–Crippen LogP) is 0.924. The summed E-state index contributed by atoms with van der Waals surface area (Å²) in [6.07, 6.45) is 1.18. The van der Waals surface area contributed by atoms with Crippen LogP contribution in [0.3, 0.4) is 0 Å². The molecule has 0 spiro atoms. The largest absolute Gasteiger partial charge is 0.465 e. The summed E-state index contributed by atoms with van der Waals surface area (Å²) in [5.74, 6) is -3.34. The van der Waals surface area contributed by atoms with Crippen LogP contribution in [0.5, 0.6) is 0 Å². The van der Waals surface area contributed by atoms with Gasteiger partial charge in [0.15, 0.2) is 5.78 Å². The molecule has 4 N–H and O–H groups in total. The van der Waals surface area contributed by atoms with E-state index in [4.69, 9.17) is 0 Å². The van der Waals surface area contributed by atoms with Crippen LogP contribution in [0.2, 0.25) is 0 Å². The molecule has 1 saturated heterocycles. The first-order chi connectivity index (χ1) is 17.3. The minimum atomic E-state index is -3.87. The van der Waals surface area contributed by atoms with Crippen LogP contribution in [0, 0.1) is 16.7 Å². The van der Waals surface area contributed by atoms with Crippen LogP contribution in [-0.2, 0) is 29.2 Å². The Hall–Kier alpha value is -2.96. The molecule has 2 aliphatic carbocycles. The minimum Gasteiger partial charge on any atom is -0.465 e. The lowest BCUT2D eigenvalue weighted by Gasteiger charge is -2.40. The van der Waals surface area contributed by atoms with Gasteiger partial charge in [-0.15, -0.1) is 6.58 Å². The summed E-state index contributed by atoms with van der Waals surface area (Å²) in [4.78, 5) is 65.1. The van der Waals surface area contributed by atoms with Crippen LogP contribution >= 0.6 is 0 Å². The second-order valence-corrected chi connectivity index (χ2v) is 14.5. The van der Waals surface area contributed by atoms with Gasteiger partial charge in [-0.25, -0.2) is 13.2 Å². The van der Waals surface area contributed by atoms with Gasteiger partial charge in [0.2, 0.25) is 21.8 Å². The molecule has 38 heavy (non-hydrogen) atoms. The second-order valence-electron chi connectivity index (χ2n) is 12.5. The van der Waals surface area contributed by atoms with E-state index >= 15 is 0 Å². The first kappa shape index (κ1) is 29.6. The molecule has 212 valence electrons. The molecule has 12 nitrogen and oxygen atoms in total. The number of likely N-dealkylation sites (tertiary alicyclic amines) is 1. The monoisotopic (exact) mass is 554 g/mol. The number of sulfonamides is 1. The van der Waals surface area contributed by atoms with E-state index < -0.39 is 73.8 Å². The standard InChI is InChI=1S/C25H38N4O8S/c1-7-14-11-25(14,21(33)28-38(36,37)16-8-9-16)27-19(31)17-10-15(30)12-29(17)20(32)18(26-22(34)35)24(5,6)13-23(2,3)4/h7,14,16-18,26H,1,8-13H2,2-6H3,(H,27,31)(H,28,33)(H,34,35)/t14-,17+,18-,25-/m1/s1. The molecule has 0 radical (unpaired) electrons. The number of nitrogens with zero attached hydrogens (tertiary/aromatic N) is 1. The molecule has 2 saturated carbocycles. The third-order valence-electron chi connectivity index (χ3n) is 7.26. The van der Waals surface area contributed by atoms with Gasteiger partial charge in [0, 0.05) is 12.3 Å². The fraction of sp³-hybridized carbons (Fsp3) is 0.720. The lowest BCUT2D eigenvalue weighted by atomic mass is 9.71. The summed E-state index contributed by atoms with van der Waals surface area (Å²) in [5.41, 5.74) is -2.69. The number of hydrogen-bond acceptors (Lipinski definition) is 7. The predicted molar refractivity (Wildman–Crippen MR) is 137 cm³/mol. The van der Waals surface area contributed by atoms with Gasteiger partial charge in [-0.2, -0.15) is 0 Å². The summed E-state index contributed by atoms with van der Waals surface area (Å²) in [6.45, 7) is 12.6. The van der Waals surface area contributed by atoms with E-state index in [-0.39, 0.29) is 24.8 Å². The van der Waals surface area contributed by atoms with Gasteiger partial charge in [-0.3, -0.25) is 23.9 Å². The average Bonchev–Trinajstić information content (AvgIpc) is 3.67. The molecule has 0 unspecified atom stereocenters. The van der Waals surface area contributed by atoms with Crippen LogP contribution in [0.4, 0.5) is 4.79 Å². The van der Waals surface area contributed by atoms with Crippen molar-refractivity contribution in [2.45, 2.75) is 89.6 Å². The number of nitrogens with one attached hydrogen (secondary N) is 3. The number of hydrogen-bond donors (Lipinski definition) is 4. The van der Waals surface area contributed by atoms with E-state index in [1.807, 2.05) is 20.8 Å². The van der Waals surface area contributed by atoms with E-state index in [2.05, 4.69) is 21.9 Å². The average molecular weight is 555 g/mol. The lowest BCUT2D eigenvalue weighted by molar-refractivity contribution is -0.143. The van der Waals surface area contributed by atoms with E-state index in [0.717, 1.165) is 4.90 Å². The Morgan fingerprint density at radius 2 is 1.79 bits per heavy atom. The van der Waals surface area contributed by atoms with Crippen molar-refractivity contribution in [3.05, 3.63) is 12.7 Å². The van der Waals surface area contributed by atoms with Crippen molar-refractivity contribution >= 4 is 39.6 Å². The summed E-state index contributed by atoms with van der Waals surface area (Å²) in [5, 5.41) is 13.7. The van der Waals surface area contributed by atoms with Gasteiger partial charge in [-0.05, 0) is 36.5 Å². The second kappa shape index (κ2) is 9.97. The molecule has 3 aliphatic rings. The molecule has 13 heteroatoms. The van der Waals surface area contributed by atoms with Crippen molar-refractivity contribution < 1.29 is 37.5 Å². The fourth-order valence-electron chi connectivity index (χ4n) is 5.53. The van der Waals surface area contributed by atoms with Crippen LogP contribution in [-0.4, -0.2) is 77.4 Å². The molecule has 4 atom stereocenters. The highest BCUT2D eigenvalue weighted by Gasteiger charge is 2.62. The third kappa shape index (κ3) is 6.36. The Kier molecular flexibility index (Phi) is 7.77. The van der Waals surface area contributed by atoms with E-state index in [1.165, 1.54) is 6.08 Å². The van der Waals surface area contributed by atoms with E-state index in [1.54, 1.807) is 13.8 Å². The number of carbonyl (C=O) groups excluding carboxylic acids is 4. The third-order valence-corrected chi connectivity index (χ3v) is 9.08. The smallest absolute Gasteiger partial charge is 0.405 e. The van der Waals surface area contributed by atoms with Crippen LogP contribution < -0.4 is 15.4 Å². The zero-order valence-electron chi connectivity index (χ0n) is 22.5. The molecule has 0 aromatic heterocycles. The van der Waals surface area contributed by atoms with Crippen molar-refractivity contribution in [2.24, 2.45) is 16.7 Å². The normalized spacial score (nSPS) is 26.3. The highest BCUT2D eigenvalue weighted by molar-refractivity contribution is 7.91. The van der Waals surface area contributed by atoms with Gasteiger partial charge < -0.3 is 20.6 Å². The minimum absolute atomic E-state index is 0.116. The Balaban J connectivity index is 1.84. The summed E-state index contributed by atoms with van der Waals surface area (Å²) in [6, 6.07) is -2.53. The summed E-state index contributed by atoms with van der Waals surface area (Å²) in [7, 11) is -3.87. The van der Waals surface area contributed by atoms with Gasteiger partial charge in [-0.1, -0.05) is 40.7 Å². The maximum Gasteiger partial charge on any atom is 0.405 e. The Labute approximate surface area is 223 Å². The van der Waals surface area contributed by atoms with Gasteiger partial charge in [0.25, 0.3) is 5.91 Å². The van der Waals surface area contributed by atoms with Crippen molar-refractivity contribution in [1.82, 2.24) is 20.3 Å². The summed E-state index contributed by atoms with van der Waals surface area (Å²) >= 11 is 0. The van der Waals surface area contributed by atoms with Crippen molar-refractivity contribution in [3.8, 4) is 0 Å². The lowest BCUT2D eigenvalue weighted by Crippen LogP contribution is -2.60. The van der Waals surface area contributed by atoms with Crippen LogP contribution in [0.1, 0.15) is 66.7 Å². The zero-order valence-corrected chi connectivity index (χ0v) is 23.3. The van der Waals surface area contributed by atoms with Crippen LogP contribution in [0.25, 0.3) is 0 Å².